The van der Waals surface area contributed by atoms with Gasteiger partial charge in [0.1, 0.15) is 0 Å². The number of carbonyl (C=O) groups excluding carboxylic acids is 2. The van der Waals surface area contributed by atoms with E-state index in [0.29, 0.717) is 32.7 Å². The average Bonchev–Trinajstić information content (AvgIpc) is 3.15. The predicted molar refractivity (Wildman–Crippen MR) is 90.1 cm³/mol. The number of aromatic amines is 1. The summed E-state index contributed by atoms with van der Waals surface area (Å²) in [6, 6.07) is 9.81. The van der Waals surface area contributed by atoms with Crippen LogP contribution in [0.2, 0.25) is 0 Å². The molecule has 1 aliphatic heterocycles. The number of amides is 3. The second kappa shape index (κ2) is 7.16. The van der Waals surface area contributed by atoms with E-state index >= 15 is 0 Å². The Bertz CT molecular complexity index is 688. The lowest BCUT2D eigenvalue weighted by Crippen LogP contribution is -2.52. The third-order valence-corrected chi connectivity index (χ3v) is 4.22. The molecule has 0 atom stereocenters. The van der Waals surface area contributed by atoms with Gasteiger partial charge in [-0.15, -0.1) is 0 Å². The molecule has 0 radical (unpaired) electrons. The molecule has 1 aromatic carbocycles. The van der Waals surface area contributed by atoms with Gasteiger partial charge in [0.25, 0.3) is 0 Å². The predicted octanol–water partition coefficient (Wildman–Crippen LogP) is 1.45. The number of rotatable bonds is 3. The van der Waals surface area contributed by atoms with Crippen molar-refractivity contribution in [1.29, 1.82) is 0 Å². The van der Waals surface area contributed by atoms with Gasteiger partial charge >= 0.3 is 6.03 Å². The molecule has 0 aliphatic carbocycles. The van der Waals surface area contributed by atoms with E-state index in [2.05, 4.69) is 15.5 Å². The zero-order valence-electron chi connectivity index (χ0n) is 13.7. The minimum Gasteiger partial charge on any atom is -0.339 e. The maximum atomic E-state index is 12.2. The minimum atomic E-state index is -0.0872. The maximum Gasteiger partial charge on any atom is 0.317 e. The second-order valence-electron chi connectivity index (χ2n) is 5.82. The molecule has 24 heavy (non-hydrogen) atoms. The van der Waals surface area contributed by atoms with Crippen molar-refractivity contribution in [3.05, 3.63) is 42.1 Å². The summed E-state index contributed by atoms with van der Waals surface area (Å²) in [6.45, 7) is 4.38. The van der Waals surface area contributed by atoms with Crippen molar-refractivity contribution in [2.24, 2.45) is 0 Å². The van der Waals surface area contributed by atoms with Crippen LogP contribution in [0, 0.1) is 0 Å². The van der Waals surface area contributed by atoms with Crippen molar-refractivity contribution >= 4 is 11.9 Å². The third kappa shape index (κ3) is 3.73. The molecule has 3 amide bonds. The molecule has 7 heteroatoms. The van der Waals surface area contributed by atoms with Gasteiger partial charge in [0.05, 0.1) is 5.69 Å². The number of benzene rings is 1. The molecule has 3 rings (SSSR count). The molecular weight excluding hydrogens is 306 g/mol. The molecule has 1 aromatic heterocycles. The highest BCUT2D eigenvalue weighted by atomic mass is 16.2. The molecule has 0 saturated carbocycles. The van der Waals surface area contributed by atoms with E-state index < -0.39 is 0 Å². The lowest BCUT2D eigenvalue weighted by Gasteiger charge is -2.34. The van der Waals surface area contributed by atoms with Crippen LogP contribution in [0.4, 0.5) is 4.79 Å². The molecule has 0 bridgehead atoms. The Morgan fingerprint density at radius 2 is 1.75 bits per heavy atom. The quantitative estimate of drug-likeness (QED) is 0.895. The minimum absolute atomic E-state index is 0.0624. The van der Waals surface area contributed by atoms with Crippen LogP contribution in [0.3, 0.4) is 0 Å². The van der Waals surface area contributed by atoms with Crippen molar-refractivity contribution in [2.75, 3.05) is 26.2 Å². The number of carbonyl (C=O) groups is 2. The molecule has 1 fully saturated rings. The summed E-state index contributed by atoms with van der Waals surface area (Å²) < 4.78 is 0. The van der Waals surface area contributed by atoms with E-state index in [1.54, 1.807) is 22.9 Å². The highest BCUT2D eigenvalue weighted by Crippen LogP contribution is 2.16. The van der Waals surface area contributed by atoms with Crippen LogP contribution in [0.1, 0.15) is 12.5 Å². The standard InChI is InChI=1S/C17H21N5O2/c1-13(23)21-8-10-22(11-9-21)17(24)18-12-14-2-4-15(5-3-14)16-6-7-19-20-16/h2-7H,8-12H2,1H3,(H,18,24)(H,19,20). The zero-order valence-corrected chi connectivity index (χ0v) is 13.7. The third-order valence-electron chi connectivity index (χ3n) is 4.22. The van der Waals surface area contributed by atoms with Crippen molar-refractivity contribution in [3.63, 3.8) is 0 Å². The van der Waals surface area contributed by atoms with Crippen molar-refractivity contribution in [3.8, 4) is 11.3 Å². The molecule has 0 unspecified atom stereocenters. The Morgan fingerprint density at radius 3 is 2.33 bits per heavy atom. The van der Waals surface area contributed by atoms with E-state index in [0.717, 1.165) is 16.8 Å². The number of piperazine rings is 1. The largest absolute Gasteiger partial charge is 0.339 e. The molecule has 7 nitrogen and oxygen atoms in total. The first kappa shape index (κ1) is 16.0. The SMILES string of the molecule is CC(=O)N1CCN(C(=O)NCc2ccc(-c3ccn[nH]3)cc2)CC1. The number of aromatic nitrogens is 2. The Kier molecular flexibility index (Phi) is 4.79. The van der Waals surface area contributed by atoms with Crippen LogP contribution in [-0.2, 0) is 11.3 Å². The van der Waals surface area contributed by atoms with Gasteiger partial charge in [-0.05, 0) is 17.2 Å². The monoisotopic (exact) mass is 327 g/mol. The first-order valence-electron chi connectivity index (χ1n) is 8.00. The number of nitrogens with one attached hydrogen (secondary N) is 2. The number of hydrogen-bond acceptors (Lipinski definition) is 3. The highest BCUT2D eigenvalue weighted by molar-refractivity contribution is 5.76. The van der Waals surface area contributed by atoms with E-state index in [-0.39, 0.29) is 11.9 Å². The molecular formula is C17H21N5O2. The van der Waals surface area contributed by atoms with Gasteiger partial charge < -0.3 is 15.1 Å². The average molecular weight is 327 g/mol. The van der Waals surface area contributed by atoms with Crippen LogP contribution in [-0.4, -0.2) is 58.1 Å². The summed E-state index contributed by atoms with van der Waals surface area (Å²) in [7, 11) is 0. The number of nitrogens with zero attached hydrogens (tertiary/aromatic N) is 3. The van der Waals surface area contributed by atoms with Crippen molar-refractivity contribution in [1.82, 2.24) is 25.3 Å². The molecule has 1 aliphatic rings. The van der Waals surface area contributed by atoms with Gasteiger partial charge in [0.2, 0.25) is 5.91 Å². The molecule has 2 heterocycles. The summed E-state index contributed by atoms with van der Waals surface area (Å²) in [4.78, 5) is 27.0. The van der Waals surface area contributed by atoms with Crippen molar-refractivity contribution in [2.45, 2.75) is 13.5 Å². The lowest BCUT2D eigenvalue weighted by atomic mass is 10.1. The molecule has 2 N–H and O–H groups in total. The Morgan fingerprint density at radius 1 is 1.08 bits per heavy atom. The van der Waals surface area contributed by atoms with Crippen LogP contribution in [0.15, 0.2) is 36.5 Å². The topological polar surface area (TPSA) is 81.3 Å². The molecule has 1 saturated heterocycles. The number of H-pyrrole nitrogens is 1. The molecule has 126 valence electrons. The number of urea groups is 1. The van der Waals surface area contributed by atoms with Crippen LogP contribution >= 0.6 is 0 Å². The summed E-state index contributed by atoms with van der Waals surface area (Å²) in [6.07, 6.45) is 1.72. The van der Waals surface area contributed by atoms with Gasteiger partial charge in [-0.2, -0.15) is 5.10 Å². The Labute approximate surface area is 140 Å². The summed E-state index contributed by atoms with van der Waals surface area (Å²) in [5.74, 6) is 0.0624. The van der Waals surface area contributed by atoms with Gasteiger partial charge in [-0.3, -0.25) is 9.89 Å². The van der Waals surface area contributed by atoms with E-state index in [1.807, 2.05) is 30.3 Å². The van der Waals surface area contributed by atoms with Crippen LogP contribution in [0.25, 0.3) is 11.3 Å². The van der Waals surface area contributed by atoms with Gasteiger partial charge in [-0.1, -0.05) is 24.3 Å². The first-order chi connectivity index (χ1) is 11.6. The molecule has 2 aromatic rings. The maximum absolute atomic E-state index is 12.2. The fourth-order valence-corrected chi connectivity index (χ4v) is 2.73. The van der Waals surface area contributed by atoms with E-state index in [4.69, 9.17) is 0 Å². The summed E-state index contributed by atoms with van der Waals surface area (Å²) in [5, 5.41) is 9.79. The van der Waals surface area contributed by atoms with Gasteiger partial charge in [0.15, 0.2) is 0 Å². The Balaban J connectivity index is 1.49. The fourth-order valence-electron chi connectivity index (χ4n) is 2.73. The smallest absolute Gasteiger partial charge is 0.317 e. The molecule has 0 spiro atoms. The van der Waals surface area contributed by atoms with Gasteiger partial charge in [-0.25, -0.2) is 4.79 Å². The van der Waals surface area contributed by atoms with Crippen LogP contribution < -0.4 is 5.32 Å². The number of hydrogen-bond donors (Lipinski definition) is 2. The summed E-state index contributed by atoms with van der Waals surface area (Å²) >= 11 is 0. The van der Waals surface area contributed by atoms with E-state index in [9.17, 15) is 9.59 Å². The summed E-state index contributed by atoms with van der Waals surface area (Å²) in [5.41, 5.74) is 3.06. The Hall–Kier alpha value is -2.83. The zero-order chi connectivity index (χ0) is 16.9. The van der Waals surface area contributed by atoms with Crippen molar-refractivity contribution < 1.29 is 9.59 Å². The fraction of sp³-hybridized carbons (Fsp3) is 0.353. The lowest BCUT2D eigenvalue weighted by molar-refractivity contribution is -0.130. The van der Waals surface area contributed by atoms with E-state index in [1.165, 1.54) is 0 Å². The first-order valence-corrected chi connectivity index (χ1v) is 8.00. The normalized spacial score (nSPS) is 14.5. The highest BCUT2D eigenvalue weighted by Gasteiger charge is 2.21. The van der Waals surface area contributed by atoms with Crippen LogP contribution in [0.5, 0.6) is 0 Å². The van der Waals surface area contributed by atoms with Gasteiger partial charge in [0, 0.05) is 45.8 Å². The second-order valence-corrected chi connectivity index (χ2v) is 5.82.